The lowest BCUT2D eigenvalue weighted by molar-refractivity contribution is -0.125. The smallest absolute Gasteiger partial charge is 0.240 e. The summed E-state index contributed by atoms with van der Waals surface area (Å²) in [5.74, 6) is -3.69. The minimum Gasteiger partial charge on any atom is -0.478 e. The standard InChI is InChI=1S/C18H14F3NO4S/c1-18(2)17(23)15(11-5-4-10(19)8-12(11)20)16(26-18)9-3-6-14(13(21)7-9)27(22,24)25/h3-8H,1-2H3,(H2,22,24,25). The largest absolute Gasteiger partial charge is 0.478 e. The quantitative estimate of drug-likeness (QED) is 0.863. The second-order valence-corrected chi connectivity index (χ2v) is 7.99. The Bertz CT molecular complexity index is 1110. The number of sulfonamides is 1. The van der Waals surface area contributed by atoms with E-state index in [1.807, 2.05) is 0 Å². The molecule has 0 saturated carbocycles. The number of benzene rings is 2. The maximum absolute atomic E-state index is 14.3. The van der Waals surface area contributed by atoms with Gasteiger partial charge in [-0.15, -0.1) is 0 Å². The van der Waals surface area contributed by atoms with Crippen LogP contribution in [-0.2, 0) is 19.6 Å². The fourth-order valence-electron chi connectivity index (χ4n) is 2.77. The highest BCUT2D eigenvalue weighted by molar-refractivity contribution is 7.89. The van der Waals surface area contributed by atoms with Crippen LogP contribution in [0.3, 0.4) is 0 Å². The molecule has 3 rings (SSSR count). The number of ether oxygens (including phenoxy) is 1. The van der Waals surface area contributed by atoms with Gasteiger partial charge in [-0.25, -0.2) is 26.7 Å². The number of carbonyl (C=O) groups excluding carboxylic acids is 1. The van der Waals surface area contributed by atoms with E-state index in [9.17, 15) is 26.4 Å². The van der Waals surface area contributed by atoms with E-state index in [0.717, 1.165) is 24.3 Å². The van der Waals surface area contributed by atoms with E-state index in [0.29, 0.717) is 6.07 Å². The van der Waals surface area contributed by atoms with Crippen molar-refractivity contribution in [3.8, 4) is 0 Å². The van der Waals surface area contributed by atoms with Crippen LogP contribution in [0, 0.1) is 17.5 Å². The summed E-state index contributed by atoms with van der Waals surface area (Å²) in [6.07, 6.45) is 0. The highest BCUT2D eigenvalue weighted by atomic mass is 32.2. The Morgan fingerprint density at radius 3 is 2.22 bits per heavy atom. The zero-order chi connectivity index (χ0) is 20.1. The first kappa shape index (κ1) is 19.1. The van der Waals surface area contributed by atoms with E-state index in [1.165, 1.54) is 19.9 Å². The van der Waals surface area contributed by atoms with Gasteiger partial charge in [0.05, 0.1) is 5.57 Å². The zero-order valence-electron chi connectivity index (χ0n) is 14.2. The van der Waals surface area contributed by atoms with E-state index < -0.39 is 43.8 Å². The van der Waals surface area contributed by atoms with E-state index in [1.54, 1.807) is 0 Å². The first-order chi connectivity index (χ1) is 12.4. The molecule has 0 saturated heterocycles. The van der Waals surface area contributed by atoms with E-state index in [2.05, 4.69) is 0 Å². The average Bonchev–Trinajstić information content (AvgIpc) is 2.77. The van der Waals surface area contributed by atoms with Gasteiger partial charge in [-0.3, -0.25) is 4.79 Å². The number of carbonyl (C=O) groups is 1. The molecule has 0 unspecified atom stereocenters. The van der Waals surface area contributed by atoms with Crippen molar-refractivity contribution in [1.82, 2.24) is 0 Å². The van der Waals surface area contributed by atoms with Gasteiger partial charge >= 0.3 is 0 Å². The number of nitrogens with two attached hydrogens (primary N) is 1. The lowest BCUT2D eigenvalue weighted by Crippen LogP contribution is -2.29. The molecular weight excluding hydrogens is 383 g/mol. The van der Waals surface area contributed by atoms with Gasteiger partial charge in [-0.2, -0.15) is 0 Å². The lowest BCUT2D eigenvalue weighted by atomic mass is 9.92. The lowest BCUT2D eigenvalue weighted by Gasteiger charge is -2.18. The van der Waals surface area contributed by atoms with Gasteiger partial charge < -0.3 is 4.74 Å². The highest BCUT2D eigenvalue weighted by Crippen LogP contribution is 2.42. The van der Waals surface area contributed by atoms with Crippen LogP contribution in [0.2, 0.25) is 0 Å². The molecule has 0 bridgehead atoms. The minimum atomic E-state index is -4.29. The molecule has 0 aromatic heterocycles. The number of Topliss-reactive ketones (excluding diaryl/α,β-unsaturated/α-hetero) is 1. The second kappa shape index (κ2) is 6.21. The summed E-state index contributed by atoms with van der Waals surface area (Å²) >= 11 is 0. The van der Waals surface area contributed by atoms with Gasteiger partial charge in [0.1, 0.15) is 28.1 Å². The molecule has 2 aromatic carbocycles. The summed E-state index contributed by atoms with van der Waals surface area (Å²) in [7, 11) is -4.29. The molecule has 0 fully saturated rings. The maximum Gasteiger partial charge on any atom is 0.240 e. The maximum atomic E-state index is 14.3. The summed E-state index contributed by atoms with van der Waals surface area (Å²) in [5, 5.41) is 4.93. The number of halogens is 3. The molecule has 9 heteroatoms. The topological polar surface area (TPSA) is 86.5 Å². The Kier molecular flexibility index (Phi) is 4.40. The third-order valence-corrected chi connectivity index (χ3v) is 5.00. The molecule has 1 heterocycles. The SMILES string of the molecule is CC1(C)OC(c2ccc(S(N)(=O)=O)c(F)c2)=C(c2ccc(F)cc2F)C1=O. The Hall–Kier alpha value is -2.65. The van der Waals surface area contributed by atoms with Crippen molar-refractivity contribution in [2.24, 2.45) is 5.14 Å². The summed E-state index contributed by atoms with van der Waals surface area (Å²) in [6.45, 7) is 2.89. The predicted molar refractivity (Wildman–Crippen MR) is 91.1 cm³/mol. The molecule has 0 atom stereocenters. The van der Waals surface area contributed by atoms with Crippen molar-refractivity contribution in [3.63, 3.8) is 0 Å². The van der Waals surface area contributed by atoms with Crippen molar-refractivity contribution in [2.75, 3.05) is 0 Å². The summed E-state index contributed by atoms with van der Waals surface area (Å²) < 4.78 is 70.0. The molecule has 1 aliphatic rings. The molecule has 0 radical (unpaired) electrons. The Labute approximate surface area is 153 Å². The van der Waals surface area contributed by atoms with E-state index >= 15 is 0 Å². The first-order valence-electron chi connectivity index (χ1n) is 7.68. The summed E-state index contributed by atoms with van der Waals surface area (Å²) in [6, 6.07) is 5.61. The molecule has 0 spiro atoms. The third kappa shape index (κ3) is 3.35. The van der Waals surface area contributed by atoms with Gasteiger partial charge in [0.15, 0.2) is 5.60 Å². The summed E-state index contributed by atoms with van der Waals surface area (Å²) in [4.78, 5) is 12.0. The molecule has 1 aliphatic heterocycles. The Morgan fingerprint density at radius 2 is 1.67 bits per heavy atom. The minimum absolute atomic E-state index is 0.0116. The number of rotatable bonds is 3. The molecule has 2 aromatic rings. The number of hydrogen-bond acceptors (Lipinski definition) is 4. The number of ketones is 1. The van der Waals surface area contributed by atoms with Crippen LogP contribution in [0.4, 0.5) is 13.2 Å². The van der Waals surface area contributed by atoms with Gasteiger partial charge in [-0.05, 0) is 44.2 Å². The molecule has 0 aliphatic carbocycles. The van der Waals surface area contributed by atoms with Gasteiger partial charge in [0.25, 0.3) is 0 Å². The van der Waals surface area contributed by atoms with Gasteiger partial charge in [0, 0.05) is 17.2 Å². The van der Waals surface area contributed by atoms with Crippen LogP contribution in [0.1, 0.15) is 25.0 Å². The van der Waals surface area contributed by atoms with Crippen molar-refractivity contribution in [1.29, 1.82) is 0 Å². The second-order valence-electron chi connectivity index (χ2n) is 6.46. The van der Waals surface area contributed by atoms with Gasteiger partial charge in [0.2, 0.25) is 15.8 Å². The van der Waals surface area contributed by atoms with Crippen LogP contribution < -0.4 is 5.14 Å². The Balaban J connectivity index is 2.25. The van der Waals surface area contributed by atoms with Crippen molar-refractivity contribution in [3.05, 3.63) is 65.0 Å². The molecule has 2 N–H and O–H groups in total. The van der Waals surface area contributed by atoms with Crippen LogP contribution in [-0.4, -0.2) is 19.8 Å². The number of primary sulfonamides is 1. The first-order valence-corrected chi connectivity index (χ1v) is 9.22. The third-order valence-electron chi connectivity index (χ3n) is 4.06. The van der Waals surface area contributed by atoms with E-state index in [-0.39, 0.29) is 22.5 Å². The molecule has 5 nitrogen and oxygen atoms in total. The summed E-state index contributed by atoms with van der Waals surface area (Å²) in [5.41, 5.74) is -1.77. The molecule has 142 valence electrons. The molecule has 0 amide bonds. The molecular formula is C18H14F3NO4S. The van der Waals surface area contributed by atoms with Gasteiger partial charge in [-0.1, -0.05) is 0 Å². The van der Waals surface area contributed by atoms with Crippen LogP contribution in [0.25, 0.3) is 11.3 Å². The predicted octanol–water partition coefficient (Wildman–Crippen LogP) is 3.00. The van der Waals surface area contributed by atoms with Crippen LogP contribution in [0.15, 0.2) is 41.3 Å². The van der Waals surface area contributed by atoms with Crippen LogP contribution >= 0.6 is 0 Å². The number of hydrogen-bond donors (Lipinski definition) is 1. The van der Waals surface area contributed by atoms with Crippen molar-refractivity contribution < 1.29 is 31.1 Å². The highest BCUT2D eigenvalue weighted by Gasteiger charge is 2.43. The monoisotopic (exact) mass is 397 g/mol. The fourth-order valence-corrected chi connectivity index (χ4v) is 3.36. The van der Waals surface area contributed by atoms with Crippen molar-refractivity contribution in [2.45, 2.75) is 24.3 Å². The van der Waals surface area contributed by atoms with Crippen molar-refractivity contribution >= 4 is 27.1 Å². The average molecular weight is 397 g/mol. The van der Waals surface area contributed by atoms with E-state index in [4.69, 9.17) is 9.88 Å². The van der Waals surface area contributed by atoms with Crippen LogP contribution in [0.5, 0.6) is 0 Å². The molecule has 27 heavy (non-hydrogen) atoms. The Morgan fingerprint density at radius 1 is 1.00 bits per heavy atom. The zero-order valence-corrected chi connectivity index (χ0v) is 15.0. The fraction of sp³-hybridized carbons (Fsp3) is 0.167. The normalized spacial score (nSPS) is 16.6.